The minimum absolute atomic E-state index is 0.659. The van der Waals surface area contributed by atoms with Crippen LogP contribution in [-0.2, 0) is 0 Å². The summed E-state index contributed by atoms with van der Waals surface area (Å²) < 4.78 is 6.04. The third-order valence-corrected chi connectivity index (χ3v) is 6.44. The van der Waals surface area contributed by atoms with Crippen molar-refractivity contribution >= 4 is 88.5 Å². The molecule has 0 saturated heterocycles. The van der Waals surface area contributed by atoms with Gasteiger partial charge in [0.1, 0.15) is 56.7 Å². The molecule has 5 aromatic rings. The number of nitrogens with zero attached hydrogens (tertiary/aromatic N) is 3. The van der Waals surface area contributed by atoms with E-state index in [1.54, 1.807) is 6.33 Å². The van der Waals surface area contributed by atoms with E-state index >= 15 is 0 Å². The predicted octanol–water partition coefficient (Wildman–Crippen LogP) is -3.60. The zero-order chi connectivity index (χ0) is 21.0. The quantitative estimate of drug-likeness (QED) is 0.296. The first-order valence-corrected chi connectivity index (χ1v) is 10.1. The Labute approximate surface area is 179 Å². The van der Waals surface area contributed by atoms with E-state index in [2.05, 4.69) is 61.3 Å². The van der Waals surface area contributed by atoms with Gasteiger partial charge in [0.25, 0.3) is 0 Å². The van der Waals surface area contributed by atoms with Crippen LogP contribution in [0.5, 0.6) is 0 Å². The van der Waals surface area contributed by atoms with Gasteiger partial charge in [-0.15, -0.1) is 16.4 Å². The van der Waals surface area contributed by atoms with Crippen molar-refractivity contribution in [1.82, 2.24) is 15.0 Å². The number of hydrogen-bond acceptors (Lipinski definition) is 4. The maximum absolute atomic E-state index is 6.04. The number of rotatable bonds is 2. The van der Waals surface area contributed by atoms with Gasteiger partial charge in [0.15, 0.2) is 11.6 Å². The van der Waals surface area contributed by atoms with E-state index in [9.17, 15) is 0 Å². The highest BCUT2D eigenvalue weighted by Gasteiger charge is 2.18. The van der Waals surface area contributed by atoms with Gasteiger partial charge in [-0.3, -0.25) is 0 Å². The van der Waals surface area contributed by atoms with Crippen molar-refractivity contribution in [2.45, 2.75) is 0 Å². The Kier molecular flexibility index (Phi) is 4.35. The van der Waals surface area contributed by atoms with Crippen LogP contribution < -0.4 is 27.3 Å². The van der Waals surface area contributed by atoms with E-state index in [4.69, 9.17) is 9.40 Å². The highest BCUT2D eigenvalue weighted by Crippen LogP contribution is 2.35. The molecule has 2 heterocycles. The fourth-order valence-corrected chi connectivity index (χ4v) is 4.34. The first-order chi connectivity index (χ1) is 14.5. The summed E-state index contributed by atoms with van der Waals surface area (Å²) in [4.78, 5) is 14.0. The molecule has 0 aliphatic rings. The van der Waals surface area contributed by atoms with Crippen molar-refractivity contribution in [1.29, 1.82) is 0 Å². The average Bonchev–Trinajstić information content (AvgIpc) is 3.15. The molecule has 0 unspecified atom stereocenters. The third kappa shape index (κ3) is 2.72. The highest BCUT2D eigenvalue weighted by atomic mass is 16.3. The minimum atomic E-state index is 0.659. The van der Waals surface area contributed by atoms with Crippen LogP contribution in [0.3, 0.4) is 0 Å². The summed E-state index contributed by atoms with van der Waals surface area (Å²) >= 11 is 0. The third-order valence-electron chi connectivity index (χ3n) is 6.44. The van der Waals surface area contributed by atoms with Crippen molar-refractivity contribution in [2.75, 3.05) is 0 Å². The monoisotopic (exact) mass is 383 g/mol. The molecular formula is C21H18B5N3O. The lowest BCUT2D eigenvalue weighted by Gasteiger charge is -2.19. The molecule has 30 heavy (non-hydrogen) atoms. The van der Waals surface area contributed by atoms with Crippen LogP contribution in [0, 0.1) is 0 Å². The first-order valence-electron chi connectivity index (χ1n) is 10.1. The van der Waals surface area contributed by atoms with Gasteiger partial charge < -0.3 is 4.42 Å². The fraction of sp³-hybridized carbons (Fsp3) is 0. The normalized spacial score (nSPS) is 11.3. The lowest BCUT2D eigenvalue weighted by atomic mass is 9.60. The second-order valence-corrected chi connectivity index (χ2v) is 7.91. The smallest absolute Gasteiger partial charge is 0.164 e. The summed E-state index contributed by atoms with van der Waals surface area (Å²) in [6, 6.07) is 14.1. The molecule has 0 atom stereocenters. The molecule has 0 fully saturated rings. The van der Waals surface area contributed by atoms with Gasteiger partial charge in [-0.1, -0.05) is 41.3 Å². The topological polar surface area (TPSA) is 51.8 Å². The number of para-hydroxylation sites is 1. The summed E-state index contributed by atoms with van der Waals surface area (Å²) in [6.07, 6.45) is 1.61. The average molecular weight is 382 g/mol. The number of hydrogen-bond donors (Lipinski definition) is 0. The second-order valence-electron chi connectivity index (χ2n) is 7.91. The van der Waals surface area contributed by atoms with Crippen LogP contribution in [-0.4, -0.2) is 54.2 Å². The lowest BCUT2D eigenvalue weighted by Crippen LogP contribution is -2.55. The zero-order valence-corrected chi connectivity index (χ0v) is 17.9. The lowest BCUT2D eigenvalue weighted by molar-refractivity contribution is 0.669. The summed E-state index contributed by atoms with van der Waals surface area (Å²) in [5.41, 5.74) is 10.1. The van der Waals surface area contributed by atoms with Gasteiger partial charge in [0, 0.05) is 21.9 Å². The summed E-state index contributed by atoms with van der Waals surface area (Å²) in [5, 5.41) is 2.11. The molecule has 4 nitrogen and oxygen atoms in total. The van der Waals surface area contributed by atoms with Crippen molar-refractivity contribution < 1.29 is 4.42 Å². The SMILES string of the molecule is Bc1c(B)c(B)c(-c2ncnc(-c3cccc4oc5ccccc5c34)n2)c(B)c1B. The molecule has 0 spiro atoms. The van der Waals surface area contributed by atoms with Crippen LogP contribution in [0.4, 0.5) is 0 Å². The molecule has 0 amide bonds. The van der Waals surface area contributed by atoms with Crippen molar-refractivity contribution in [3.05, 3.63) is 48.8 Å². The molecule has 3 aromatic carbocycles. The Morgan fingerprint density at radius 1 is 0.633 bits per heavy atom. The largest absolute Gasteiger partial charge is 0.456 e. The second kappa shape index (κ2) is 6.94. The number of furan rings is 1. The van der Waals surface area contributed by atoms with E-state index in [0.29, 0.717) is 11.6 Å². The van der Waals surface area contributed by atoms with Crippen LogP contribution in [0.25, 0.3) is 44.7 Å². The van der Waals surface area contributed by atoms with Crippen LogP contribution in [0.2, 0.25) is 0 Å². The van der Waals surface area contributed by atoms with E-state index < -0.39 is 0 Å². The van der Waals surface area contributed by atoms with Crippen LogP contribution in [0.15, 0.2) is 53.2 Å². The molecule has 0 N–H and O–H groups in total. The maximum Gasteiger partial charge on any atom is 0.164 e. The van der Waals surface area contributed by atoms with E-state index in [1.165, 1.54) is 27.3 Å². The zero-order valence-electron chi connectivity index (χ0n) is 17.9. The molecular weight excluding hydrogens is 364 g/mol. The van der Waals surface area contributed by atoms with E-state index in [1.807, 2.05) is 30.3 Å². The van der Waals surface area contributed by atoms with Crippen LogP contribution in [0.1, 0.15) is 0 Å². The Morgan fingerprint density at radius 2 is 1.27 bits per heavy atom. The van der Waals surface area contributed by atoms with Gasteiger partial charge in [-0.2, -0.15) is 0 Å². The Bertz CT molecular complexity index is 1440. The molecule has 0 aliphatic carbocycles. The molecule has 0 radical (unpaired) electrons. The Balaban J connectivity index is 1.77. The maximum atomic E-state index is 6.04. The molecule has 2 aromatic heterocycles. The van der Waals surface area contributed by atoms with E-state index in [-0.39, 0.29) is 0 Å². The van der Waals surface area contributed by atoms with Gasteiger partial charge in [-0.05, 0) is 12.1 Å². The van der Waals surface area contributed by atoms with Crippen molar-refractivity contribution in [3.8, 4) is 22.8 Å². The summed E-state index contributed by atoms with van der Waals surface area (Å²) in [7, 11) is 10.8. The molecule has 0 aliphatic heterocycles. The standard InChI is InChI=1S/C21H18B5N3O/c22-15-14(16(23)18(25)19(26)17(15)24)21-28-8-27-20(29-21)10-5-3-7-12-13(10)9-4-1-2-6-11(9)30-12/h1-8H,22-26H2. The minimum Gasteiger partial charge on any atom is -0.456 e. The Hall–Kier alpha value is -3.21. The molecule has 138 valence electrons. The number of aromatic nitrogens is 3. The molecule has 5 rings (SSSR count). The van der Waals surface area contributed by atoms with E-state index in [0.717, 1.165) is 33.1 Å². The van der Waals surface area contributed by atoms with Crippen molar-refractivity contribution in [3.63, 3.8) is 0 Å². The molecule has 0 saturated carbocycles. The molecule has 9 heteroatoms. The summed E-state index contributed by atoms with van der Waals surface area (Å²) in [6.45, 7) is 0. The summed E-state index contributed by atoms with van der Waals surface area (Å²) in [5.74, 6) is 1.37. The number of benzene rings is 3. The predicted molar refractivity (Wildman–Crippen MR) is 139 cm³/mol. The molecule has 0 bridgehead atoms. The van der Waals surface area contributed by atoms with Gasteiger partial charge in [0.2, 0.25) is 0 Å². The van der Waals surface area contributed by atoms with Gasteiger partial charge in [-0.25, -0.2) is 15.0 Å². The van der Waals surface area contributed by atoms with Crippen molar-refractivity contribution in [2.24, 2.45) is 0 Å². The van der Waals surface area contributed by atoms with Gasteiger partial charge >= 0.3 is 0 Å². The van der Waals surface area contributed by atoms with Crippen LogP contribution >= 0.6 is 0 Å². The first kappa shape index (κ1) is 18.8. The van der Waals surface area contributed by atoms with Gasteiger partial charge in [0.05, 0.1) is 0 Å². The Morgan fingerprint density at radius 3 is 2.03 bits per heavy atom. The fourth-order valence-electron chi connectivity index (χ4n) is 4.34. The highest BCUT2D eigenvalue weighted by molar-refractivity contribution is 6.68. The number of fused-ring (bicyclic) bond motifs is 3.